The minimum Gasteiger partial charge on any atom is -0.243 e. The van der Waals surface area contributed by atoms with Gasteiger partial charge in [-0.1, -0.05) is 90.1 Å². The first kappa shape index (κ1) is 23.1. The summed E-state index contributed by atoms with van der Waals surface area (Å²) in [6.45, 7) is 13.4. The molecule has 4 heteroatoms. The van der Waals surface area contributed by atoms with Gasteiger partial charge in [-0.2, -0.15) is 0 Å². The van der Waals surface area contributed by atoms with E-state index in [1.807, 2.05) is 12.1 Å². The van der Waals surface area contributed by atoms with Crippen molar-refractivity contribution in [2.24, 2.45) is 0 Å². The second-order valence-electron chi connectivity index (χ2n) is 10.3. The van der Waals surface area contributed by atoms with Crippen molar-refractivity contribution < 1.29 is 0 Å². The largest absolute Gasteiger partial charge is 0.243 e. The first-order chi connectivity index (χ1) is 14.9. The van der Waals surface area contributed by atoms with Crippen molar-refractivity contribution in [2.75, 3.05) is 0 Å². The van der Waals surface area contributed by atoms with Crippen molar-refractivity contribution in [1.29, 1.82) is 0 Å². The maximum Gasteiger partial charge on any atom is 0.105 e. The number of fused-ring (bicyclic) bond motifs is 1. The summed E-state index contributed by atoms with van der Waals surface area (Å²) < 4.78 is 1.87. The molecule has 0 aliphatic rings. The standard InChI is InChI=1S/C28H28Br2N2/c1-27(2,3)19-11-7-17(8-12-19)23-24(18-9-13-20(14-10-18)28(4,5)6)32-26-22(30)16-15-21(29)25(26)31-23/h7-16H,1-6H3. The normalized spacial score (nSPS) is 12.4. The Bertz CT molecular complexity index is 1180. The maximum absolute atomic E-state index is 5.11. The Morgan fingerprint density at radius 2 is 0.812 bits per heavy atom. The van der Waals surface area contributed by atoms with E-state index in [-0.39, 0.29) is 10.8 Å². The van der Waals surface area contributed by atoms with Crippen LogP contribution in [0, 0.1) is 0 Å². The highest BCUT2D eigenvalue weighted by atomic mass is 79.9. The highest BCUT2D eigenvalue weighted by molar-refractivity contribution is 9.11. The SMILES string of the molecule is CC(C)(C)c1ccc(-c2nc3c(Br)ccc(Br)c3nc2-c2ccc(C(C)(C)C)cc2)cc1. The third-order valence-corrected chi connectivity index (χ3v) is 7.05. The van der Waals surface area contributed by atoms with Gasteiger partial charge in [-0.25, -0.2) is 9.97 Å². The van der Waals surface area contributed by atoms with Crippen molar-refractivity contribution in [2.45, 2.75) is 52.4 Å². The van der Waals surface area contributed by atoms with Crippen LogP contribution in [0.2, 0.25) is 0 Å². The summed E-state index contributed by atoms with van der Waals surface area (Å²) in [6, 6.07) is 21.5. The van der Waals surface area contributed by atoms with Crippen LogP contribution in [0.15, 0.2) is 69.6 Å². The fraction of sp³-hybridized carbons (Fsp3) is 0.286. The predicted molar refractivity (Wildman–Crippen MR) is 143 cm³/mol. The van der Waals surface area contributed by atoms with E-state index < -0.39 is 0 Å². The van der Waals surface area contributed by atoms with E-state index in [0.29, 0.717) is 0 Å². The fourth-order valence-corrected chi connectivity index (χ4v) is 4.55. The third kappa shape index (κ3) is 4.53. The van der Waals surface area contributed by atoms with Crippen LogP contribution >= 0.6 is 31.9 Å². The molecule has 0 saturated carbocycles. The highest BCUT2D eigenvalue weighted by Crippen LogP contribution is 2.37. The van der Waals surface area contributed by atoms with Gasteiger partial charge in [0.2, 0.25) is 0 Å². The number of benzene rings is 3. The average Bonchev–Trinajstić information content (AvgIpc) is 2.75. The molecule has 0 aliphatic heterocycles. The molecule has 1 aromatic heterocycles. The van der Waals surface area contributed by atoms with Crippen molar-refractivity contribution in [3.8, 4) is 22.5 Å². The quantitative estimate of drug-likeness (QED) is 0.248. The number of nitrogens with zero attached hydrogens (tertiary/aromatic N) is 2. The second-order valence-corrected chi connectivity index (χ2v) is 12.0. The lowest BCUT2D eigenvalue weighted by Crippen LogP contribution is -2.10. The smallest absolute Gasteiger partial charge is 0.105 e. The van der Waals surface area contributed by atoms with E-state index in [1.54, 1.807) is 0 Å². The molecule has 0 saturated heterocycles. The fourth-order valence-electron chi connectivity index (χ4n) is 3.73. The molecule has 164 valence electrons. The summed E-state index contributed by atoms with van der Waals surface area (Å²) in [6.07, 6.45) is 0. The molecule has 3 aromatic carbocycles. The minimum atomic E-state index is 0.104. The van der Waals surface area contributed by atoms with Crippen molar-refractivity contribution in [3.63, 3.8) is 0 Å². The van der Waals surface area contributed by atoms with Crippen LogP contribution in [0.25, 0.3) is 33.5 Å². The van der Waals surface area contributed by atoms with Crippen LogP contribution in [0.3, 0.4) is 0 Å². The van der Waals surface area contributed by atoms with E-state index in [0.717, 1.165) is 42.5 Å². The number of halogens is 2. The van der Waals surface area contributed by atoms with E-state index >= 15 is 0 Å². The van der Waals surface area contributed by atoms with E-state index in [2.05, 4.69) is 122 Å². The Morgan fingerprint density at radius 3 is 1.09 bits per heavy atom. The third-order valence-electron chi connectivity index (χ3n) is 5.77. The van der Waals surface area contributed by atoms with Gasteiger partial charge >= 0.3 is 0 Å². The first-order valence-corrected chi connectivity index (χ1v) is 12.4. The summed E-state index contributed by atoms with van der Waals surface area (Å²) in [5.41, 5.74) is 8.42. The van der Waals surface area contributed by atoms with Crippen LogP contribution in [-0.2, 0) is 10.8 Å². The second kappa shape index (κ2) is 8.39. The molecule has 4 aromatic rings. The van der Waals surface area contributed by atoms with Gasteiger partial charge in [0.1, 0.15) is 11.0 Å². The van der Waals surface area contributed by atoms with Gasteiger partial charge in [0.05, 0.1) is 11.4 Å². The lowest BCUT2D eigenvalue weighted by molar-refractivity contribution is 0.590. The Hall–Kier alpha value is -2.04. The summed E-state index contributed by atoms with van der Waals surface area (Å²) in [5, 5.41) is 0. The Labute approximate surface area is 207 Å². The van der Waals surface area contributed by atoms with Gasteiger partial charge in [0.15, 0.2) is 0 Å². The molecule has 0 bridgehead atoms. The topological polar surface area (TPSA) is 25.8 Å². The summed E-state index contributed by atoms with van der Waals surface area (Å²) >= 11 is 7.33. The molecule has 0 N–H and O–H groups in total. The van der Waals surface area contributed by atoms with Gasteiger partial charge < -0.3 is 0 Å². The van der Waals surface area contributed by atoms with Crippen LogP contribution in [0.4, 0.5) is 0 Å². The number of hydrogen-bond acceptors (Lipinski definition) is 2. The van der Waals surface area contributed by atoms with Gasteiger partial charge in [-0.15, -0.1) is 0 Å². The Kier molecular flexibility index (Phi) is 6.06. The molecular formula is C28H28Br2N2. The zero-order valence-electron chi connectivity index (χ0n) is 19.4. The predicted octanol–water partition coefficient (Wildman–Crippen LogP) is 9.08. The molecule has 0 spiro atoms. The molecule has 0 amide bonds. The monoisotopic (exact) mass is 550 g/mol. The molecule has 0 unspecified atom stereocenters. The number of aromatic nitrogens is 2. The van der Waals surface area contributed by atoms with Gasteiger partial charge in [0.25, 0.3) is 0 Å². The van der Waals surface area contributed by atoms with Crippen LogP contribution < -0.4 is 0 Å². The molecular weight excluding hydrogens is 524 g/mol. The lowest BCUT2D eigenvalue weighted by atomic mass is 9.85. The van der Waals surface area contributed by atoms with Crippen molar-refractivity contribution in [1.82, 2.24) is 9.97 Å². The van der Waals surface area contributed by atoms with Crippen molar-refractivity contribution in [3.05, 3.63) is 80.7 Å². The highest BCUT2D eigenvalue weighted by Gasteiger charge is 2.19. The zero-order valence-corrected chi connectivity index (χ0v) is 22.6. The van der Waals surface area contributed by atoms with Crippen LogP contribution in [0.5, 0.6) is 0 Å². The molecule has 1 heterocycles. The Morgan fingerprint density at radius 1 is 0.500 bits per heavy atom. The molecule has 32 heavy (non-hydrogen) atoms. The van der Waals surface area contributed by atoms with Gasteiger partial charge in [-0.3, -0.25) is 0 Å². The van der Waals surface area contributed by atoms with E-state index in [4.69, 9.17) is 9.97 Å². The van der Waals surface area contributed by atoms with E-state index in [9.17, 15) is 0 Å². The van der Waals surface area contributed by atoms with Crippen LogP contribution in [-0.4, -0.2) is 9.97 Å². The molecule has 0 fully saturated rings. The summed E-state index contributed by atoms with van der Waals surface area (Å²) in [4.78, 5) is 10.2. The molecule has 4 rings (SSSR count). The van der Waals surface area contributed by atoms with Gasteiger partial charge in [0, 0.05) is 20.1 Å². The first-order valence-electron chi connectivity index (χ1n) is 10.8. The molecule has 0 atom stereocenters. The maximum atomic E-state index is 5.11. The van der Waals surface area contributed by atoms with E-state index in [1.165, 1.54) is 11.1 Å². The number of rotatable bonds is 2. The minimum absolute atomic E-state index is 0.104. The zero-order chi connectivity index (χ0) is 23.3. The molecule has 0 radical (unpaired) electrons. The summed E-state index contributed by atoms with van der Waals surface area (Å²) in [5.74, 6) is 0. The van der Waals surface area contributed by atoms with Crippen molar-refractivity contribution >= 4 is 42.9 Å². The molecule has 2 nitrogen and oxygen atoms in total. The molecule has 0 aliphatic carbocycles. The van der Waals surface area contributed by atoms with Gasteiger partial charge in [-0.05, 0) is 65.9 Å². The van der Waals surface area contributed by atoms with Crippen LogP contribution in [0.1, 0.15) is 52.7 Å². The Balaban J connectivity index is 1.95. The lowest BCUT2D eigenvalue weighted by Gasteiger charge is -2.20. The average molecular weight is 552 g/mol. The summed E-state index contributed by atoms with van der Waals surface area (Å²) in [7, 11) is 0. The number of hydrogen-bond donors (Lipinski definition) is 0.